The number of halogens is 4. The summed E-state index contributed by atoms with van der Waals surface area (Å²) in [6.45, 7) is 0.190. The largest absolute Gasteiger partial charge is 0.326 e. The number of hydrogen-bond acceptors (Lipinski definition) is 3. The number of benzene rings is 1. The summed E-state index contributed by atoms with van der Waals surface area (Å²) in [5.74, 6) is 0.415. The zero-order valence-electron chi connectivity index (χ0n) is 10.3. The maximum Gasteiger partial charge on any atom is 0.243 e. The number of nitrogens with two attached hydrogens (primary N) is 1. The molecule has 0 amide bonds. The Morgan fingerprint density at radius 3 is 2.30 bits per heavy atom. The molecule has 0 saturated heterocycles. The highest BCUT2D eigenvalue weighted by molar-refractivity contribution is 9.10. The summed E-state index contributed by atoms with van der Waals surface area (Å²) in [5.41, 5.74) is 5.86. The number of hydrogen-bond donors (Lipinski definition) is 2. The van der Waals surface area contributed by atoms with Crippen LogP contribution in [-0.4, -0.2) is 21.0 Å². The van der Waals surface area contributed by atoms with Gasteiger partial charge in [0.1, 0.15) is 4.90 Å². The molecule has 1 aromatic carbocycles. The summed E-state index contributed by atoms with van der Waals surface area (Å²) in [5, 5.41) is 0.152. The zero-order valence-corrected chi connectivity index (χ0v) is 15.0. The smallest absolute Gasteiger partial charge is 0.243 e. The highest BCUT2D eigenvalue weighted by atomic mass is 79.9. The average molecular weight is 425 g/mol. The van der Waals surface area contributed by atoms with E-state index >= 15 is 0 Å². The van der Waals surface area contributed by atoms with Gasteiger partial charge in [0.25, 0.3) is 0 Å². The molecule has 0 heterocycles. The molecule has 1 aliphatic rings. The van der Waals surface area contributed by atoms with Crippen molar-refractivity contribution in [1.82, 2.24) is 4.72 Å². The minimum atomic E-state index is -3.75. The minimum Gasteiger partial charge on any atom is -0.326 e. The number of sulfonamides is 1. The van der Waals surface area contributed by atoms with Crippen LogP contribution in [0.2, 0.25) is 10.0 Å². The molecule has 0 aromatic heterocycles. The zero-order chi connectivity index (χ0) is 14.2. The van der Waals surface area contributed by atoms with E-state index in [1.807, 2.05) is 0 Å². The molecule has 3 N–H and O–H groups in total. The third kappa shape index (κ3) is 4.47. The molecule has 4 nitrogen and oxygen atoms in total. The Morgan fingerprint density at radius 1 is 1.35 bits per heavy atom. The highest BCUT2D eigenvalue weighted by Crippen LogP contribution is 2.33. The van der Waals surface area contributed by atoms with Crippen LogP contribution in [0.3, 0.4) is 0 Å². The van der Waals surface area contributed by atoms with Gasteiger partial charge in [-0.15, -0.1) is 12.4 Å². The van der Waals surface area contributed by atoms with E-state index in [1.165, 1.54) is 12.1 Å². The van der Waals surface area contributed by atoms with Crippen LogP contribution in [-0.2, 0) is 10.0 Å². The van der Waals surface area contributed by atoms with Crippen LogP contribution in [0.1, 0.15) is 12.8 Å². The molecule has 0 aliphatic heterocycles. The Labute approximate surface area is 143 Å². The average Bonchev–Trinajstić information content (AvgIpc) is 3.07. The fraction of sp³-hybridized carbons (Fsp3) is 0.455. The van der Waals surface area contributed by atoms with Crippen LogP contribution in [0, 0.1) is 5.92 Å². The Morgan fingerprint density at radius 2 is 1.85 bits per heavy atom. The minimum absolute atomic E-state index is 0. The molecule has 1 saturated carbocycles. The van der Waals surface area contributed by atoms with Crippen molar-refractivity contribution in [2.24, 2.45) is 11.7 Å². The summed E-state index contributed by atoms with van der Waals surface area (Å²) >= 11 is 15.1. The Hall–Kier alpha value is 0.440. The molecule has 9 heteroatoms. The van der Waals surface area contributed by atoms with E-state index in [4.69, 9.17) is 28.9 Å². The molecule has 0 spiro atoms. The van der Waals surface area contributed by atoms with E-state index in [2.05, 4.69) is 20.7 Å². The SMILES string of the molecule is Cl.NC(CNS(=O)(=O)c1c(Cl)cc(Br)cc1Cl)C1CC1. The first kappa shape index (κ1) is 18.5. The lowest BCUT2D eigenvalue weighted by atomic mass is 10.2. The lowest BCUT2D eigenvalue weighted by Crippen LogP contribution is -2.38. The highest BCUT2D eigenvalue weighted by Gasteiger charge is 2.30. The van der Waals surface area contributed by atoms with Gasteiger partial charge < -0.3 is 5.73 Å². The first-order valence-corrected chi connectivity index (χ1v) is 8.74. The Balaban J connectivity index is 0.00000200. The molecule has 0 radical (unpaired) electrons. The second-order valence-corrected chi connectivity index (χ2v) is 7.99. The first-order valence-electron chi connectivity index (χ1n) is 5.71. The molecule has 1 aliphatic carbocycles. The predicted octanol–water partition coefficient (Wildman–Crippen LogP) is 3.19. The van der Waals surface area contributed by atoms with E-state index in [-0.39, 0.29) is 39.9 Å². The van der Waals surface area contributed by atoms with Crippen molar-refractivity contribution in [3.8, 4) is 0 Å². The monoisotopic (exact) mass is 422 g/mol. The molecule has 20 heavy (non-hydrogen) atoms. The van der Waals surface area contributed by atoms with Gasteiger partial charge in [-0.25, -0.2) is 13.1 Å². The maximum absolute atomic E-state index is 12.2. The van der Waals surface area contributed by atoms with E-state index in [0.29, 0.717) is 10.4 Å². The van der Waals surface area contributed by atoms with E-state index in [0.717, 1.165) is 12.8 Å². The van der Waals surface area contributed by atoms with Gasteiger partial charge in [-0.1, -0.05) is 39.1 Å². The number of rotatable bonds is 5. The van der Waals surface area contributed by atoms with E-state index in [9.17, 15) is 8.42 Å². The maximum atomic E-state index is 12.2. The van der Waals surface area contributed by atoms with Crippen LogP contribution >= 0.6 is 51.5 Å². The van der Waals surface area contributed by atoms with Crippen molar-refractivity contribution in [2.45, 2.75) is 23.8 Å². The third-order valence-electron chi connectivity index (χ3n) is 2.97. The van der Waals surface area contributed by atoms with Crippen LogP contribution in [0.15, 0.2) is 21.5 Å². The van der Waals surface area contributed by atoms with E-state index in [1.54, 1.807) is 0 Å². The quantitative estimate of drug-likeness (QED) is 0.763. The van der Waals surface area contributed by atoms with Gasteiger partial charge in [0.15, 0.2) is 0 Å². The van der Waals surface area contributed by atoms with Gasteiger partial charge in [-0.05, 0) is 30.9 Å². The second-order valence-electron chi connectivity index (χ2n) is 4.55. The van der Waals surface area contributed by atoms with Crippen molar-refractivity contribution in [3.05, 3.63) is 26.7 Å². The fourth-order valence-electron chi connectivity index (χ4n) is 1.75. The molecule has 1 atom stereocenters. The van der Waals surface area contributed by atoms with Crippen LogP contribution in [0.4, 0.5) is 0 Å². The number of nitrogens with one attached hydrogen (secondary N) is 1. The summed E-state index contributed by atoms with van der Waals surface area (Å²) < 4.78 is 27.4. The molecular formula is C11H14BrCl3N2O2S. The van der Waals surface area contributed by atoms with Gasteiger partial charge in [0, 0.05) is 17.1 Å². The molecule has 1 unspecified atom stereocenters. The van der Waals surface area contributed by atoms with Crippen molar-refractivity contribution in [1.29, 1.82) is 0 Å². The molecule has 1 fully saturated rings. The molecule has 2 rings (SSSR count). The van der Waals surface area contributed by atoms with Crippen molar-refractivity contribution in [2.75, 3.05) is 6.54 Å². The van der Waals surface area contributed by atoms with Crippen LogP contribution < -0.4 is 10.5 Å². The van der Waals surface area contributed by atoms with Crippen molar-refractivity contribution in [3.63, 3.8) is 0 Å². The topological polar surface area (TPSA) is 72.2 Å². The summed E-state index contributed by atoms with van der Waals surface area (Å²) in [4.78, 5) is -0.109. The van der Waals surface area contributed by atoms with Crippen LogP contribution in [0.5, 0.6) is 0 Å². The van der Waals surface area contributed by atoms with E-state index < -0.39 is 10.0 Å². The fourth-order valence-corrected chi connectivity index (χ4v) is 4.76. The van der Waals surface area contributed by atoms with Gasteiger partial charge in [-0.2, -0.15) is 0 Å². The van der Waals surface area contributed by atoms with Gasteiger partial charge in [0.2, 0.25) is 10.0 Å². The first-order chi connectivity index (χ1) is 8.81. The summed E-state index contributed by atoms with van der Waals surface area (Å²) in [6.07, 6.45) is 2.12. The lowest BCUT2D eigenvalue weighted by molar-refractivity contribution is 0.548. The van der Waals surface area contributed by atoms with Crippen molar-refractivity contribution < 1.29 is 8.42 Å². The van der Waals surface area contributed by atoms with Crippen molar-refractivity contribution >= 4 is 61.6 Å². The third-order valence-corrected chi connectivity index (χ3v) is 5.77. The molecular weight excluding hydrogens is 410 g/mol. The normalized spacial score (nSPS) is 16.6. The Bertz CT molecular complexity index is 570. The predicted molar refractivity (Wildman–Crippen MR) is 87.3 cm³/mol. The molecule has 1 aromatic rings. The summed E-state index contributed by atoms with van der Waals surface area (Å²) in [7, 11) is -3.75. The van der Waals surface area contributed by atoms with Gasteiger partial charge >= 0.3 is 0 Å². The van der Waals surface area contributed by atoms with Crippen LogP contribution in [0.25, 0.3) is 0 Å². The summed E-state index contributed by atoms with van der Waals surface area (Å²) in [6, 6.07) is 2.81. The van der Waals surface area contributed by atoms with Gasteiger partial charge in [0.05, 0.1) is 10.0 Å². The Kier molecular flexibility index (Phi) is 6.59. The van der Waals surface area contributed by atoms with Gasteiger partial charge in [-0.3, -0.25) is 0 Å². The molecule has 114 valence electrons. The lowest BCUT2D eigenvalue weighted by Gasteiger charge is -2.14. The second kappa shape index (κ2) is 7.13. The standard InChI is InChI=1S/C11H13BrCl2N2O2S.ClH/c12-7-3-8(13)11(9(14)4-7)19(17,18)16-5-10(15)6-1-2-6;/h3-4,6,10,16H,1-2,5,15H2;1H. The molecule has 0 bridgehead atoms.